The molecule has 9 heteroatoms. The van der Waals surface area contributed by atoms with E-state index in [0.29, 0.717) is 0 Å². The first kappa shape index (κ1) is 22.6. The number of aromatic nitrogens is 1. The molecule has 1 aliphatic heterocycles. The van der Waals surface area contributed by atoms with E-state index in [4.69, 9.17) is 4.74 Å². The highest BCUT2D eigenvalue weighted by Gasteiger charge is 2.31. The number of rotatable bonds is 5. The standard InChI is InChI=1S/C22H24F3N3O3/c1-14-6-3-7-15(2)28(14)19(29)13-31-21(30)18-10-5-11-26-20(18)27-17-9-4-8-16(12-17)22(23,24)25/h4-5,8-12,14-15H,3,6-7,13H2,1-2H3,(H,26,27)/t14-,15-/m0/s1. The van der Waals surface area contributed by atoms with Crippen molar-refractivity contribution in [2.45, 2.75) is 51.4 Å². The second-order valence-electron chi connectivity index (χ2n) is 7.61. The first-order valence-electron chi connectivity index (χ1n) is 10.0. The fraction of sp³-hybridized carbons (Fsp3) is 0.409. The Morgan fingerprint density at radius 3 is 2.55 bits per heavy atom. The lowest BCUT2D eigenvalue weighted by Gasteiger charge is -2.38. The SMILES string of the molecule is C[C@H]1CCC[C@H](C)N1C(=O)COC(=O)c1cccnc1Nc1cccc(C(F)(F)F)c1. The molecule has 1 aromatic heterocycles. The van der Waals surface area contributed by atoms with Crippen LogP contribution in [0.15, 0.2) is 42.6 Å². The van der Waals surface area contributed by atoms with Gasteiger partial charge < -0.3 is 15.0 Å². The summed E-state index contributed by atoms with van der Waals surface area (Å²) < 4.78 is 44.0. The number of ether oxygens (including phenoxy) is 1. The summed E-state index contributed by atoms with van der Waals surface area (Å²) in [5.41, 5.74) is -0.685. The summed E-state index contributed by atoms with van der Waals surface area (Å²) >= 11 is 0. The first-order valence-corrected chi connectivity index (χ1v) is 10.0. The number of pyridine rings is 1. The summed E-state index contributed by atoms with van der Waals surface area (Å²) in [7, 11) is 0. The van der Waals surface area contributed by atoms with Crippen LogP contribution >= 0.6 is 0 Å². The number of hydrogen-bond acceptors (Lipinski definition) is 5. The number of halogens is 3. The molecule has 1 aliphatic rings. The molecule has 1 aromatic carbocycles. The Morgan fingerprint density at radius 2 is 1.87 bits per heavy atom. The maximum atomic E-state index is 12.9. The summed E-state index contributed by atoms with van der Waals surface area (Å²) in [4.78, 5) is 30.9. The molecule has 2 atom stereocenters. The van der Waals surface area contributed by atoms with E-state index in [9.17, 15) is 22.8 Å². The van der Waals surface area contributed by atoms with E-state index in [-0.39, 0.29) is 35.1 Å². The Hall–Kier alpha value is -3.10. The lowest BCUT2D eigenvalue weighted by molar-refractivity contribution is -0.140. The van der Waals surface area contributed by atoms with Gasteiger partial charge in [0.25, 0.3) is 5.91 Å². The molecule has 0 spiro atoms. The van der Waals surface area contributed by atoms with Gasteiger partial charge in [-0.2, -0.15) is 13.2 Å². The third-order valence-corrected chi connectivity index (χ3v) is 5.29. The number of nitrogens with one attached hydrogen (secondary N) is 1. The molecular weight excluding hydrogens is 411 g/mol. The third-order valence-electron chi connectivity index (χ3n) is 5.29. The van der Waals surface area contributed by atoms with Crippen molar-refractivity contribution in [3.05, 3.63) is 53.7 Å². The third kappa shape index (κ3) is 5.53. The minimum atomic E-state index is -4.49. The number of benzene rings is 1. The highest BCUT2D eigenvalue weighted by Crippen LogP contribution is 2.31. The van der Waals surface area contributed by atoms with Crippen LogP contribution in [0.4, 0.5) is 24.7 Å². The molecule has 1 amide bonds. The van der Waals surface area contributed by atoms with Crippen molar-refractivity contribution >= 4 is 23.4 Å². The maximum absolute atomic E-state index is 12.9. The van der Waals surface area contributed by atoms with Gasteiger partial charge in [0, 0.05) is 24.0 Å². The average molecular weight is 435 g/mol. The molecule has 0 radical (unpaired) electrons. The molecule has 0 bridgehead atoms. The number of alkyl halides is 3. The second kappa shape index (κ2) is 9.36. The van der Waals surface area contributed by atoms with Crippen LogP contribution in [0.1, 0.15) is 49.0 Å². The number of amides is 1. The van der Waals surface area contributed by atoms with Gasteiger partial charge in [0.2, 0.25) is 0 Å². The van der Waals surface area contributed by atoms with Crippen molar-refractivity contribution in [1.29, 1.82) is 0 Å². The van der Waals surface area contributed by atoms with Gasteiger partial charge in [0.1, 0.15) is 11.4 Å². The fourth-order valence-electron chi connectivity index (χ4n) is 3.77. The molecule has 0 saturated carbocycles. The van der Waals surface area contributed by atoms with Crippen LogP contribution in [0.25, 0.3) is 0 Å². The normalized spacial score (nSPS) is 19.1. The topological polar surface area (TPSA) is 71.5 Å². The van der Waals surface area contributed by atoms with E-state index in [1.165, 1.54) is 30.5 Å². The molecule has 2 heterocycles. The molecule has 1 N–H and O–H groups in total. The van der Waals surface area contributed by atoms with Crippen LogP contribution in [0.3, 0.4) is 0 Å². The van der Waals surface area contributed by atoms with E-state index in [0.717, 1.165) is 31.4 Å². The van der Waals surface area contributed by atoms with E-state index >= 15 is 0 Å². The van der Waals surface area contributed by atoms with E-state index in [2.05, 4.69) is 10.3 Å². The lowest BCUT2D eigenvalue weighted by Crippen LogP contribution is -2.49. The molecule has 166 valence electrons. The van der Waals surface area contributed by atoms with Crippen molar-refractivity contribution < 1.29 is 27.5 Å². The van der Waals surface area contributed by atoms with Crippen LogP contribution in [0, 0.1) is 0 Å². The largest absolute Gasteiger partial charge is 0.452 e. The Balaban J connectivity index is 1.70. The van der Waals surface area contributed by atoms with E-state index in [1.807, 2.05) is 13.8 Å². The molecule has 1 fully saturated rings. The van der Waals surface area contributed by atoms with Crippen molar-refractivity contribution in [3.63, 3.8) is 0 Å². The first-order chi connectivity index (χ1) is 14.7. The molecule has 2 aromatic rings. The Kier molecular flexibility index (Phi) is 6.82. The molecule has 0 aliphatic carbocycles. The van der Waals surface area contributed by atoms with Crippen LogP contribution < -0.4 is 5.32 Å². The van der Waals surface area contributed by atoms with Crippen LogP contribution in [0.2, 0.25) is 0 Å². The Morgan fingerprint density at radius 1 is 1.16 bits per heavy atom. The van der Waals surface area contributed by atoms with Gasteiger partial charge in [-0.1, -0.05) is 6.07 Å². The number of carbonyl (C=O) groups excluding carboxylic acids is 2. The highest BCUT2D eigenvalue weighted by molar-refractivity contribution is 5.96. The summed E-state index contributed by atoms with van der Waals surface area (Å²) in [5.74, 6) is -1.02. The highest BCUT2D eigenvalue weighted by atomic mass is 19.4. The van der Waals surface area contributed by atoms with Gasteiger partial charge in [-0.05, 0) is 63.4 Å². The van der Waals surface area contributed by atoms with E-state index in [1.54, 1.807) is 4.90 Å². The van der Waals surface area contributed by atoms with Gasteiger partial charge in [0.15, 0.2) is 6.61 Å². The zero-order valence-corrected chi connectivity index (χ0v) is 17.3. The lowest BCUT2D eigenvalue weighted by atomic mass is 9.97. The van der Waals surface area contributed by atoms with Gasteiger partial charge >= 0.3 is 12.1 Å². The quantitative estimate of drug-likeness (QED) is 0.684. The Labute approximate surface area is 178 Å². The smallest absolute Gasteiger partial charge is 0.416 e. The number of hydrogen-bond donors (Lipinski definition) is 1. The number of nitrogens with zero attached hydrogens (tertiary/aromatic N) is 2. The second-order valence-corrected chi connectivity index (χ2v) is 7.61. The molecule has 0 unspecified atom stereocenters. The summed E-state index contributed by atoms with van der Waals surface area (Å²) in [6.45, 7) is 3.52. The van der Waals surface area contributed by atoms with Crippen molar-refractivity contribution in [3.8, 4) is 0 Å². The average Bonchev–Trinajstić information content (AvgIpc) is 2.72. The van der Waals surface area contributed by atoms with Gasteiger partial charge in [-0.15, -0.1) is 0 Å². The molecular formula is C22H24F3N3O3. The summed E-state index contributed by atoms with van der Waals surface area (Å²) in [6, 6.07) is 7.65. The number of carbonyl (C=O) groups is 2. The number of anilines is 2. The zero-order valence-electron chi connectivity index (χ0n) is 17.3. The van der Waals surface area contributed by atoms with Crippen LogP contribution in [-0.2, 0) is 15.7 Å². The number of likely N-dealkylation sites (tertiary alicyclic amines) is 1. The predicted octanol–water partition coefficient (Wildman–Crippen LogP) is 4.79. The maximum Gasteiger partial charge on any atom is 0.416 e. The monoisotopic (exact) mass is 435 g/mol. The van der Waals surface area contributed by atoms with Crippen molar-refractivity contribution in [2.75, 3.05) is 11.9 Å². The predicted molar refractivity (Wildman–Crippen MR) is 109 cm³/mol. The van der Waals surface area contributed by atoms with Crippen LogP contribution in [0.5, 0.6) is 0 Å². The van der Waals surface area contributed by atoms with E-state index < -0.39 is 24.3 Å². The van der Waals surface area contributed by atoms with Crippen molar-refractivity contribution in [1.82, 2.24) is 9.88 Å². The molecule has 1 saturated heterocycles. The van der Waals surface area contributed by atoms with Gasteiger partial charge in [-0.3, -0.25) is 4.79 Å². The zero-order chi connectivity index (χ0) is 22.6. The molecule has 3 rings (SSSR count). The van der Waals surface area contributed by atoms with Gasteiger partial charge in [0.05, 0.1) is 5.56 Å². The summed E-state index contributed by atoms with van der Waals surface area (Å²) in [6.07, 6.45) is -0.247. The van der Waals surface area contributed by atoms with Gasteiger partial charge in [-0.25, -0.2) is 9.78 Å². The fourth-order valence-corrected chi connectivity index (χ4v) is 3.77. The minimum Gasteiger partial charge on any atom is -0.452 e. The van der Waals surface area contributed by atoms with Crippen molar-refractivity contribution in [2.24, 2.45) is 0 Å². The molecule has 6 nitrogen and oxygen atoms in total. The number of esters is 1. The molecule has 31 heavy (non-hydrogen) atoms. The number of piperidine rings is 1. The van der Waals surface area contributed by atoms with Crippen LogP contribution in [-0.4, -0.2) is 40.5 Å². The Bertz CT molecular complexity index is 939. The minimum absolute atomic E-state index is 0.0208. The summed E-state index contributed by atoms with van der Waals surface area (Å²) in [5, 5.41) is 2.72.